The second-order valence-electron chi connectivity index (χ2n) is 6.66. The quantitative estimate of drug-likeness (QED) is 0.913. The molecule has 0 radical (unpaired) electrons. The number of amides is 2. The molecule has 6 nitrogen and oxygen atoms in total. The molecule has 1 aliphatic carbocycles. The maximum atomic E-state index is 12.5. The molecule has 25 heavy (non-hydrogen) atoms. The average molecular weight is 356 g/mol. The molecule has 130 valence electrons. The fourth-order valence-corrected chi connectivity index (χ4v) is 4.49. The van der Waals surface area contributed by atoms with Crippen molar-refractivity contribution in [3.63, 3.8) is 0 Å². The summed E-state index contributed by atoms with van der Waals surface area (Å²) in [6.45, 7) is 0.406. The number of rotatable bonds is 4. The van der Waals surface area contributed by atoms with Gasteiger partial charge >= 0.3 is 0 Å². The third-order valence-electron chi connectivity index (χ3n) is 4.94. The summed E-state index contributed by atoms with van der Waals surface area (Å²) in [4.78, 5) is 26.4. The first-order valence-electron chi connectivity index (χ1n) is 8.70. The fraction of sp³-hybridized carbons (Fsp3) is 0.444. The van der Waals surface area contributed by atoms with Crippen molar-refractivity contribution in [1.82, 2.24) is 10.2 Å². The predicted molar refractivity (Wildman–Crippen MR) is 96.6 cm³/mol. The zero-order chi connectivity index (χ0) is 17.2. The zero-order valence-electron chi connectivity index (χ0n) is 13.9. The molecule has 7 heteroatoms. The van der Waals surface area contributed by atoms with Crippen molar-refractivity contribution in [3.05, 3.63) is 35.3 Å². The van der Waals surface area contributed by atoms with E-state index in [4.69, 9.17) is 0 Å². The number of hydrogen-bond acceptors (Lipinski definition) is 5. The first-order valence-corrected chi connectivity index (χ1v) is 9.52. The Bertz CT molecular complexity index is 770. The molecule has 1 N–H and O–H groups in total. The van der Waals surface area contributed by atoms with Gasteiger partial charge in [-0.25, -0.2) is 0 Å². The number of hydrogen-bond donors (Lipinski definition) is 1. The number of carbonyl (C=O) groups is 2. The van der Waals surface area contributed by atoms with Crippen LogP contribution in [0, 0.1) is 5.92 Å². The molecule has 1 aromatic carbocycles. The van der Waals surface area contributed by atoms with Crippen LogP contribution in [0.5, 0.6) is 0 Å². The standard InChI is InChI=1S/C18H20N4O2S/c23-15-10-13(11-22(15)14-8-2-1-3-9-14)16(24)19-18-21-20-17(25-18)12-6-4-5-7-12/h1-3,8-9,12-13H,4-7,10-11H2,(H,19,21,24)/t13-/m1/s1. The molecule has 1 aromatic heterocycles. The molecule has 1 atom stereocenters. The molecule has 2 aromatic rings. The van der Waals surface area contributed by atoms with Crippen molar-refractivity contribution < 1.29 is 9.59 Å². The van der Waals surface area contributed by atoms with Crippen LogP contribution < -0.4 is 10.2 Å². The van der Waals surface area contributed by atoms with E-state index in [1.807, 2.05) is 30.3 Å². The van der Waals surface area contributed by atoms with Crippen molar-refractivity contribution in [3.8, 4) is 0 Å². The van der Waals surface area contributed by atoms with E-state index in [1.54, 1.807) is 4.90 Å². The Morgan fingerprint density at radius 1 is 1.16 bits per heavy atom. The van der Waals surface area contributed by atoms with Gasteiger partial charge in [0.1, 0.15) is 5.01 Å². The van der Waals surface area contributed by atoms with Crippen molar-refractivity contribution in [2.24, 2.45) is 5.92 Å². The molecule has 0 unspecified atom stereocenters. The molecule has 0 bridgehead atoms. The zero-order valence-corrected chi connectivity index (χ0v) is 14.7. The molecule has 2 aliphatic rings. The minimum absolute atomic E-state index is 0.0183. The molecule has 1 saturated carbocycles. The van der Waals surface area contributed by atoms with E-state index in [9.17, 15) is 9.59 Å². The van der Waals surface area contributed by atoms with Gasteiger partial charge in [0.25, 0.3) is 0 Å². The van der Waals surface area contributed by atoms with E-state index < -0.39 is 0 Å². The van der Waals surface area contributed by atoms with E-state index in [-0.39, 0.29) is 24.2 Å². The van der Waals surface area contributed by atoms with Gasteiger partial charge in [-0.2, -0.15) is 0 Å². The molecule has 2 heterocycles. The monoisotopic (exact) mass is 356 g/mol. The molecule has 2 fully saturated rings. The normalized spacial score (nSPS) is 21.0. The number of nitrogens with zero attached hydrogens (tertiary/aromatic N) is 3. The lowest BCUT2D eigenvalue weighted by molar-refractivity contribution is -0.122. The summed E-state index contributed by atoms with van der Waals surface area (Å²) < 4.78 is 0. The van der Waals surface area contributed by atoms with E-state index in [0.717, 1.165) is 23.5 Å². The summed E-state index contributed by atoms with van der Waals surface area (Å²) in [5.41, 5.74) is 0.835. The van der Waals surface area contributed by atoms with Gasteiger partial charge in [-0.3, -0.25) is 9.59 Å². The lowest BCUT2D eigenvalue weighted by Crippen LogP contribution is -2.28. The molecular formula is C18H20N4O2S. The number of aromatic nitrogens is 2. The van der Waals surface area contributed by atoms with Gasteiger partial charge in [-0.15, -0.1) is 10.2 Å². The van der Waals surface area contributed by atoms with Crippen LogP contribution in [0.15, 0.2) is 30.3 Å². The van der Waals surface area contributed by atoms with Gasteiger partial charge in [0.15, 0.2) is 0 Å². The first kappa shape index (κ1) is 16.2. The largest absolute Gasteiger partial charge is 0.312 e. The highest BCUT2D eigenvalue weighted by Gasteiger charge is 2.35. The maximum Gasteiger partial charge on any atom is 0.231 e. The van der Waals surface area contributed by atoms with E-state index >= 15 is 0 Å². The number of carbonyl (C=O) groups excluding carboxylic acids is 2. The van der Waals surface area contributed by atoms with Gasteiger partial charge < -0.3 is 10.2 Å². The van der Waals surface area contributed by atoms with Crippen LogP contribution in [0.3, 0.4) is 0 Å². The number of benzene rings is 1. The smallest absolute Gasteiger partial charge is 0.231 e. The Morgan fingerprint density at radius 3 is 2.68 bits per heavy atom. The Balaban J connectivity index is 1.39. The topological polar surface area (TPSA) is 75.2 Å². The third-order valence-corrected chi connectivity index (χ3v) is 5.94. The fourth-order valence-electron chi connectivity index (χ4n) is 3.57. The molecule has 4 rings (SSSR count). The Hall–Kier alpha value is -2.28. The van der Waals surface area contributed by atoms with Crippen LogP contribution in [0.25, 0.3) is 0 Å². The van der Waals surface area contributed by atoms with Crippen LogP contribution in [-0.2, 0) is 9.59 Å². The van der Waals surface area contributed by atoms with Crippen LogP contribution in [0.4, 0.5) is 10.8 Å². The number of para-hydroxylation sites is 1. The van der Waals surface area contributed by atoms with Gasteiger partial charge in [0.2, 0.25) is 16.9 Å². The Morgan fingerprint density at radius 2 is 1.92 bits per heavy atom. The molecule has 2 amide bonds. The minimum atomic E-state index is -0.355. The summed E-state index contributed by atoms with van der Waals surface area (Å²) in [6, 6.07) is 9.46. The Labute approximate surface area is 150 Å². The van der Waals surface area contributed by atoms with Crippen LogP contribution in [0.1, 0.15) is 43.0 Å². The summed E-state index contributed by atoms with van der Waals surface area (Å²) in [6.07, 6.45) is 5.03. The van der Waals surface area contributed by atoms with E-state index in [2.05, 4.69) is 15.5 Å². The van der Waals surface area contributed by atoms with Crippen LogP contribution in [-0.4, -0.2) is 28.6 Å². The van der Waals surface area contributed by atoms with Crippen molar-refractivity contribution in [2.75, 3.05) is 16.8 Å². The second-order valence-corrected chi connectivity index (χ2v) is 7.67. The summed E-state index contributed by atoms with van der Waals surface area (Å²) in [5, 5.41) is 12.7. The van der Waals surface area contributed by atoms with E-state index in [0.29, 0.717) is 17.6 Å². The number of anilines is 2. The minimum Gasteiger partial charge on any atom is -0.312 e. The van der Waals surface area contributed by atoms with Gasteiger partial charge in [-0.1, -0.05) is 42.4 Å². The molecular weight excluding hydrogens is 336 g/mol. The lowest BCUT2D eigenvalue weighted by atomic mass is 10.1. The molecule has 1 aliphatic heterocycles. The highest BCUT2D eigenvalue weighted by atomic mass is 32.1. The Kier molecular flexibility index (Phi) is 4.48. The van der Waals surface area contributed by atoms with Gasteiger partial charge in [0, 0.05) is 24.6 Å². The van der Waals surface area contributed by atoms with Crippen LogP contribution >= 0.6 is 11.3 Å². The van der Waals surface area contributed by atoms with E-state index in [1.165, 1.54) is 24.2 Å². The summed E-state index contributed by atoms with van der Waals surface area (Å²) in [7, 11) is 0. The summed E-state index contributed by atoms with van der Waals surface area (Å²) in [5.74, 6) is -0.0347. The average Bonchev–Trinajstić information content (AvgIpc) is 3.35. The van der Waals surface area contributed by atoms with Gasteiger partial charge in [-0.05, 0) is 25.0 Å². The van der Waals surface area contributed by atoms with Crippen molar-refractivity contribution in [1.29, 1.82) is 0 Å². The molecule has 0 spiro atoms. The van der Waals surface area contributed by atoms with Crippen molar-refractivity contribution >= 4 is 34.0 Å². The SMILES string of the molecule is O=C(Nc1nnc(C2CCCC2)s1)[C@@H]1CC(=O)N(c2ccccc2)C1. The highest BCUT2D eigenvalue weighted by molar-refractivity contribution is 7.15. The van der Waals surface area contributed by atoms with Gasteiger partial charge in [0.05, 0.1) is 5.92 Å². The molecule has 1 saturated heterocycles. The van der Waals surface area contributed by atoms with Crippen molar-refractivity contribution in [2.45, 2.75) is 38.0 Å². The number of nitrogens with one attached hydrogen (secondary N) is 1. The van der Waals surface area contributed by atoms with Crippen LogP contribution in [0.2, 0.25) is 0 Å². The predicted octanol–water partition coefficient (Wildman–Crippen LogP) is 3.19. The first-order chi connectivity index (χ1) is 12.2. The maximum absolute atomic E-state index is 12.5. The second kappa shape index (κ2) is 6.92. The summed E-state index contributed by atoms with van der Waals surface area (Å²) >= 11 is 1.46. The highest BCUT2D eigenvalue weighted by Crippen LogP contribution is 2.36. The lowest BCUT2D eigenvalue weighted by Gasteiger charge is -2.16. The third kappa shape index (κ3) is 3.42.